The van der Waals surface area contributed by atoms with E-state index < -0.39 is 34.9 Å². The van der Waals surface area contributed by atoms with Crippen LogP contribution < -0.4 is 10.1 Å². The number of para-hydroxylation sites is 2. The smallest absolute Gasteiger partial charge is 0.387 e. The maximum absolute atomic E-state index is 12.4. The molecule has 0 spiro atoms. The molecule has 1 aliphatic heterocycles. The van der Waals surface area contributed by atoms with Gasteiger partial charge in [-0.05, 0) is 31.6 Å². The number of hydrogen-bond acceptors (Lipinski definition) is 7. The predicted molar refractivity (Wildman–Crippen MR) is 116 cm³/mol. The van der Waals surface area contributed by atoms with Gasteiger partial charge in [-0.2, -0.15) is 13.9 Å². The zero-order valence-electron chi connectivity index (χ0n) is 17.3. The fraction of sp³-hybridized carbons (Fsp3) is 0.350. The van der Waals surface area contributed by atoms with Crippen LogP contribution in [0.4, 0.5) is 14.5 Å². The first-order valence-electron chi connectivity index (χ1n) is 9.69. The summed E-state index contributed by atoms with van der Waals surface area (Å²) in [6.07, 6.45) is 2.80. The van der Waals surface area contributed by atoms with E-state index in [1.54, 1.807) is 6.92 Å². The topological polar surface area (TPSA) is 117 Å². The number of ether oxygens (including phenoxy) is 2. The molecule has 1 unspecified atom stereocenters. The molecule has 1 aliphatic rings. The number of nitrogens with zero attached hydrogens (tertiary/aromatic N) is 2. The summed E-state index contributed by atoms with van der Waals surface area (Å²) in [6.45, 7) is -2.08. The Morgan fingerprint density at radius 2 is 2.09 bits per heavy atom. The first kappa shape index (κ1) is 24.6. The second kappa shape index (κ2) is 10.3. The van der Waals surface area contributed by atoms with E-state index in [0.29, 0.717) is 17.7 Å². The number of nitrogens with one attached hydrogen (secondary N) is 1. The highest BCUT2D eigenvalue weighted by Gasteiger charge is 2.31. The molecule has 1 aromatic heterocycles. The Hall–Kier alpha value is -2.99. The molecule has 1 fully saturated rings. The van der Waals surface area contributed by atoms with Gasteiger partial charge in [-0.25, -0.2) is 17.9 Å². The van der Waals surface area contributed by atoms with Gasteiger partial charge in [0.2, 0.25) is 0 Å². The van der Waals surface area contributed by atoms with Crippen molar-refractivity contribution in [2.75, 3.05) is 23.4 Å². The van der Waals surface area contributed by atoms with Crippen LogP contribution in [-0.4, -0.2) is 54.8 Å². The summed E-state index contributed by atoms with van der Waals surface area (Å²) in [5.74, 6) is -1.84. The molecule has 1 amide bonds. The van der Waals surface area contributed by atoms with Gasteiger partial charge in [-0.1, -0.05) is 23.7 Å². The lowest BCUT2D eigenvalue weighted by Gasteiger charge is -2.11. The molecule has 2 heterocycles. The molecule has 9 nitrogen and oxygen atoms in total. The maximum Gasteiger partial charge on any atom is 0.387 e. The van der Waals surface area contributed by atoms with Crippen LogP contribution in [0.3, 0.4) is 0 Å². The number of carbonyl (C=O) groups excluding carboxylic acids is 2. The SMILES string of the molecule is Cc1nn(C2CCS(=O)(=O)C2)c(Cl)c1/C=C/C(=O)OCC(=O)Nc1ccccc1OC(F)F. The van der Waals surface area contributed by atoms with Gasteiger partial charge in [-0.3, -0.25) is 4.79 Å². The number of amides is 1. The molecule has 2 aromatic rings. The van der Waals surface area contributed by atoms with E-state index in [2.05, 4.69) is 15.2 Å². The number of benzene rings is 1. The zero-order chi connectivity index (χ0) is 24.2. The Bertz CT molecular complexity index is 1180. The number of halogens is 3. The lowest BCUT2D eigenvalue weighted by molar-refractivity contribution is -0.142. The third-order valence-corrected chi connectivity index (χ3v) is 6.86. The lowest BCUT2D eigenvalue weighted by atomic mass is 10.2. The van der Waals surface area contributed by atoms with Crippen LogP contribution in [-0.2, 0) is 24.2 Å². The summed E-state index contributed by atoms with van der Waals surface area (Å²) in [5, 5.41) is 6.78. The van der Waals surface area contributed by atoms with Crippen LogP contribution in [0.2, 0.25) is 5.15 Å². The van der Waals surface area contributed by atoms with Crippen LogP contribution in [0.25, 0.3) is 6.08 Å². The van der Waals surface area contributed by atoms with E-state index in [4.69, 9.17) is 16.3 Å². The van der Waals surface area contributed by atoms with Crippen LogP contribution in [0.5, 0.6) is 5.75 Å². The van der Waals surface area contributed by atoms with Gasteiger partial charge in [0, 0.05) is 11.6 Å². The van der Waals surface area contributed by atoms with Crippen LogP contribution in [0.1, 0.15) is 23.7 Å². The number of hydrogen-bond donors (Lipinski definition) is 1. The number of rotatable bonds is 8. The monoisotopic (exact) mass is 503 g/mol. The molecular weight excluding hydrogens is 484 g/mol. The van der Waals surface area contributed by atoms with Crippen molar-refractivity contribution in [1.29, 1.82) is 0 Å². The first-order chi connectivity index (χ1) is 15.6. The fourth-order valence-electron chi connectivity index (χ4n) is 3.22. The standard InChI is InChI=1S/C20H20ClF2N3O6S/c1-12-14(19(21)26(25-12)13-8-9-33(29,30)11-13)6-7-18(28)31-10-17(27)24-15-4-2-3-5-16(15)32-20(22)23/h2-7,13,20H,8-11H2,1H3,(H,24,27)/b7-6+. The minimum Gasteiger partial charge on any atom is -0.452 e. The van der Waals surface area contributed by atoms with Crippen LogP contribution in [0.15, 0.2) is 30.3 Å². The van der Waals surface area contributed by atoms with Crippen molar-refractivity contribution in [2.24, 2.45) is 0 Å². The average Bonchev–Trinajstić information content (AvgIpc) is 3.24. The van der Waals surface area contributed by atoms with Gasteiger partial charge < -0.3 is 14.8 Å². The van der Waals surface area contributed by atoms with E-state index in [1.165, 1.54) is 35.0 Å². The summed E-state index contributed by atoms with van der Waals surface area (Å²) in [4.78, 5) is 24.0. The molecule has 1 saturated heterocycles. The van der Waals surface area contributed by atoms with Crippen molar-refractivity contribution >= 4 is 45.1 Å². The summed E-state index contributed by atoms with van der Waals surface area (Å²) in [5.41, 5.74) is 0.903. The van der Waals surface area contributed by atoms with Gasteiger partial charge in [0.15, 0.2) is 16.4 Å². The highest BCUT2D eigenvalue weighted by atomic mass is 35.5. The van der Waals surface area contributed by atoms with Crippen molar-refractivity contribution in [1.82, 2.24) is 9.78 Å². The van der Waals surface area contributed by atoms with Gasteiger partial charge in [0.1, 0.15) is 10.9 Å². The molecule has 0 aliphatic carbocycles. The van der Waals surface area contributed by atoms with E-state index in [1.807, 2.05) is 0 Å². The molecule has 0 bridgehead atoms. The quantitative estimate of drug-likeness (QED) is 0.434. The van der Waals surface area contributed by atoms with E-state index in [-0.39, 0.29) is 34.1 Å². The molecular formula is C20H20ClF2N3O6S. The lowest BCUT2D eigenvalue weighted by Crippen LogP contribution is -2.20. The number of carbonyl (C=O) groups is 2. The number of aromatic nitrogens is 2. The van der Waals surface area contributed by atoms with Crippen LogP contribution in [0, 0.1) is 6.92 Å². The van der Waals surface area contributed by atoms with Crippen molar-refractivity contribution in [3.05, 3.63) is 46.8 Å². The second-order valence-electron chi connectivity index (χ2n) is 7.16. The highest BCUT2D eigenvalue weighted by molar-refractivity contribution is 7.91. The molecule has 178 valence electrons. The average molecular weight is 504 g/mol. The largest absolute Gasteiger partial charge is 0.452 e. The Kier molecular flexibility index (Phi) is 7.69. The third-order valence-electron chi connectivity index (χ3n) is 4.73. The number of anilines is 1. The molecule has 1 atom stereocenters. The Labute approximate surface area is 193 Å². The maximum atomic E-state index is 12.4. The fourth-order valence-corrected chi connectivity index (χ4v) is 5.29. The van der Waals surface area contributed by atoms with E-state index >= 15 is 0 Å². The highest BCUT2D eigenvalue weighted by Crippen LogP contribution is 2.30. The third kappa shape index (κ3) is 6.51. The number of alkyl halides is 2. The molecule has 1 N–H and O–H groups in total. The Balaban J connectivity index is 1.57. The first-order valence-corrected chi connectivity index (χ1v) is 11.9. The number of aryl methyl sites for hydroxylation is 1. The minimum atomic E-state index is -3.13. The number of sulfone groups is 1. The van der Waals surface area contributed by atoms with Gasteiger partial charge >= 0.3 is 12.6 Å². The molecule has 3 rings (SSSR count). The Morgan fingerprint density at radius 1 is 1.36 bits per heavy atom. The van der Waals surface area contributed by atoms with E-state index in [9.17, 15) is 26.8 Å². The second-order valence-corrected chi connectivity index (χ2v) is 9.74. The van der Waals surface area contributed by atoms with E-state index in [0.717, 1.165) is 6.08 Å². The summed E-state index contributed by atoms with van der Waals surface area (Å²) < 4.78 is 58.9. The van der Waals surface area contributed by atoms with Gasteiger partial charge in [0.05, 0.1) is 28.9 Å². The predicted octanol–water partition coefficient (Wildman–Crippen LogP) is 3.00. The zero-order valence-corrected chi connectivity index (χ0v) is 18.9. The minimum absolute atomic E-state index is 0.00172. The van der Waals surface area contributed by atoms with Crippen molar-refractivity contribution < 1.29 is 36.3 Å². The molecule has 0 radical (unpaired) electrons. The number of esters is 1. The van der Waals surface area contributed by atoms with Crippen molar-refractivity contribution in [2.45, 2.75) is 26.0 Å². The normalized spacial score (nSPS) is 17.4. The Morgan fingerprint density at radius 3 is 2.76 bits per heavy atom. The summed E-state index contributed by atoms with van der Waals surface area (Å²) in [6, 6.07) is 5.20. The van der Waals surface area contributed by atoms with Gasteiger partial charge in [0.25, 0.3) is 5.91 Å². The van der Waals surface area contributed by atoms with Crippen molar-refractivity contribution in [3.8, 4) is 5.75 Å². The summed E-state index contributed by atoms with van der Waals surface area (Å²) in [7, 11) is -3.13. The van der Waals surface area contributed by atoms with Crippen LogP contribution >= 0.6 is 11.6 Å². The summed E-state index contributed by atoms with van der Waals surface area (Å²) >= 11 is 6.33. The molecule has 1 aromatic carbocycles. The molecule has 0 saturated carbocycles. The molecule has 33 heavy (non-hydrogen) atoms. The van der Waals surface area contributed by atoms with Crippen molar-refractivity contribution in [3.63, 3.8) is 0 Å². The van der Waals surface area contributed by atoms with Gasteiger partial charge in [-0.15, -0.1) is 0 Å². The molecule has 13 heteroatoms.